The maximum absolute atomic E-state index is 12.4. The highest BCUT2D eigenvalue weighted by Crippen LogP contribution is 2.34. The van der Waals surface area contributed by atoms with Gasteiger partial charge < -0.3 is 5.11 Å². The van der Waals surface area contributed by atoms with Crippen LogP contribution in [-0.2, 0) is 9.59 Å². The van der Waals surface area contributed by atoms with Crippen molar-refractivity contribution in [1.29, 1.82) is 0 Å². The predicted octanol–water partition coefficient (Wildman–Crippen LogP) is 3.87. The number of nitrogens with zero attached hydrogens (tertiary/aromatic N) is 1. The zero-order chi connectivity index (χ0) is 17.0. The largest absolute Gasteiger partial charge is 0.480 e. The van der Waals surface area contributed by atoms with Crippen LogP contribution in [0.2, 0.25) is 0 Å². The van der Waals surface area contributed by atoms with Crippen LogP contribution in [0.15, 0.2) is 46.3 Å². The van der Waals surface area contributed by atoms with Gasteiger partial charge in [-0.15, -0.1) is 0 Å². The van der Waals surface area contributed by atoms with E-state index in [-0.39, 0.29) is 10.7 Å². The Bertz CT molecular complexity index is 701. The predicted molar refractivity (Wildman–Crippen MR) is 97.1 cm³/mol. The monoisotopic (exact) mass is 367 g/mol. The van der Waals surface area contributed by atoms with Gasteiger partial charge in [0.15, 0.2) is 0 Å². The number of halogens is 1. The van der Waals surface area contributed by atoms with Crippen molar-refractivity contribution in [3.63, 3.8) is 0 Å². The average Bonchev–Trinajstić information content (AvgIpc) is 2.76. The van der Waals surface area contributed by atoms with Crippen LogP contribution in [0.4, 0.5) is 0 Å². The molecule has 0 aromatic heterocycles. The molecule has 1 aliphatic rings. The summed E-state index contributed by atoms with van der Waals surface area (Å²) in [6.07, 6.45) is 3.52. The normalized spacial score (nSPS) is 18.6. The zero-order valence-electron chi connectivity index (χ0n) is 12.2. The van der Waals surface area contributed by atoms with Gasteiger partial charge in [0, 0.05) is 5.03 Å². The van der Waals surface area contributed by atoms with E-state index in [0.29, 0.717) is 9.94 Å². The summed E-state index contributed by atoms with van der Waals surface area (Å²) in [5.74, 6) is -1.50. The third-order valence-electron chi connectivity index (χ3n) is 3.18. The minimum Gasteiger partial charge on any atom is -0.480 e. The Balaban J connectivity index is 2.25. The van der Waals surface area contributed by atoms with Gasteiger partial charge in [-0.05, 0) is 24.1 Å². The first-order valence-electron chi connectivity index (χ1n) is 6.86. The summed E-state index contributed by atoms with van der Waals surface area (Å²) in [5, 5.41) is 9.59. The minimum atomic E-state index is -1.07. The number of hydrogen-bond donors (Lipinski definition) is 1. The lowest BCUT2D eigenvalue weighted by Crippen LogP contribution is -2.43. The van der Waals surface area contributed by atoms with Gasteiger partial charge in [-0.1, -0.05) is 72.8 Å². The molecule has 0 saturated carbocycles. The molecule has 4 nitrogen and oxygen atoms in total. The molecule has 1 fully saturated rings. The number of allylic oxidation sites excluding steroid dienone is 2. The SMILES string of the molecule is CC[C@H](C(=O)O)N1C(=O)/C(=C/C(Cl)=C/c2ccccc2)SC1=S. The number of thioether (sulfide) groups is 1. The highest BCUT2D eigenvalue weighted by molar-refractivity contribution is 8.26. The van der Waals surface area contributed by atoms with Crippen molar-refractivity contribution < 1.29 is 14.7 Å². The molecule has 0 spiro atoms. The van der Waals surface area contributed by atoms with Gasteiger partial charge in [0.1, 0.15) is 10.4 Å². The summed E-state index contributed by atoms with van der Waals surface area (Å²) in [6, 6.07) is 8.48. The zero-order valence-corrected chi connectivity index (χ0v) is 14.6. The first-order chi connectivity index (χ1) is 10.9. The maximum atomic E-state index is 12.4. The first-order valence-corrected chi connectivity index (χ1v) is 8.46. The number of aliphatic carboxylic acids is 1. The second kappa shape index (κ2) is 7.77. The lowest BCUT2D eigenvalue weighted by molar-refractivity contribution is -0.145. The second-order valence-electron chi connectivity index (χ2n) is 4.75. The average molecular weight is 368 g/mol. The number of carboxylic acids is 1. The van der Waals surface area contributed by atoms with Gasteiger partial charge in [0.25, 0.3) is 5.91 Å². The van der Waals surface area contributed by atoms with Gasteiger partial charge in [-0.3, -0.25) is 9.69 Å². The molecule has 0 bridgehead atoms. The third-order valence-corrected chi connectivity index (χ3v) is 4.73. The van der Waals surface area contributed by atoms with Gasteiger partial charge >= 0.3 is 5.97 Å². The Kier molecular flexibility index (Phi) is 5.98. The summed E-state index contributed by atoms with van der Waals surface area (Å²) in [5.41, 5.74) is 0.904. The molecule has 7 heteroatoms. The van der Waals surface area contributed by atoms with Crippen LogP contribution in [0.1, 0.15) is 18.9 Å². The maximum Gasteiger partial charge on any atom is 0.326 e. The Morgan fingerprint density at radius 1 is 1.43 bits per heavy atom. The second-order valence-corrected chi connectivity index (χ2v) is 6.87. The van der Waals surface area contributed by atoms with Gasteiger partial charge in [-0.2, -0.15) is 0 Å². The lowest BCUT2D eigenvalue weighted by atomic mass is 10.2. The van der Waals surface area contributed by atoms with Crippen molar-refractivity contribution in [3.05, 3.63) is 51.9 Å². The molecule has 2 rings (SSSR count). The van der Waals surface area contributed by atoms with Crippen molar-refractivity contribution in [2.75, 3.05) is 0 Å². The van der Waals surface area contributed by atoms with Crippen molar-refractivity contribution in [3.8, 4) is 0 Å². The van der Waals surface area contributed by atoms with Crippen LogP contribution in [0, 0.1) is 0 Å². The number of carbonyl (C=O) groups is 2. The molecule has 1 aliphatic heterocycles. The van der Waals surface area contributed by atoms with E-state index in [1.807, 2.05) is 30.3 Å². The summed E-state index contributed by atoms with van der Waals surface area (Å²) in [4.78, 5) is 25.1. The molecule has 1 amide bonds. The van der Waals surface area contributed by atoms with Crippen molar-refractivity contribution in [2.45, 2.75) is 19.4 Å². The molecule has 1 saturated heterocycles. The van der Waals surface area contributed by atoms with E-state index in [9.17, 15) is 14.7 Å². The number of thiocarbonyl (C=S) groups is 1. The van der Waals surface area contributed by atoms with E-state index in [1.54, 1.807) is 13.0 Å². The highest BCUT2D eigenvalue weighted by Gasteiger charge is 2.39. The summed E-state index contributed by atoms with van der Waals surface area (Å²) < 4.78 is 0.236. The molecule has 0 radical (unpaired) electrons. The third kappa shape index (κ3) is 4.22. The van der Waals surface area contributed by atoms with E-state index >= 15 is 0 Å². The minimum absolute atomic E-state index is 0.236. The first kappa shape index (κ1) is 17.7. The van der Waals surface area contributed by atoms with Crippen LogP contribution in [-0.4, -0.2) is 32.2 Å². The number of rotatable bonds is 5. The molecule has 120 valence electrons. The quantitative estimate of drug-likeness (QED) is 0.632. The molecular formula is C16H14ClNO3S2. The summed E-state index contributed by atoms with van der Waals surface area (Å²) in [6.45, 7) is 1.70. The molecule has 23 heavy (non-hydrogen) atoms. The molecule has 1 N–H and O–H groups in total. The fourth-order valence-corrected chi connectivity index (χ4v) is 3.74. The number of amides is 1. The molecule has 0 unspecified atom stereocenters. The van der Waals surface area contributed by atoms with Crippen molar-refractivity contribution in [1.82, 2.24) is 4.90 Å². The van der Waals surface area contributed by atoms with Crippen LogP contribution >= 0.6 is 35.6 Å². The summed E-state index contributed by atoms with van der Waals surface area (Å²) >= 11 is 12.4. The fraction of sp³-hybridized carbons (Fsp3) is 0.188. The Morgan fingerprint density at radius 3 is 2.65 bits per heavy atom. The van der Waals surface area contributed by atoms with Gasteiger partial charge in [0.05, 0.1) is 4.91 Å². The Hall–Kier alpha value is -1.63. The summed E-state index contributed by atoms with van der Waals surface area (Å²) in [7, 11) is 0. The van der Waals surface area contributed by atoms with E-state index in [0.717, 1.165) is 22.2 Å². The van der Waals surface area contributed by atoms with Crippen LogP contribution < -0.4 is 0 Å². The van der Waals surface area contributed by atoms with E-state index in [1.165, 1.54) is 6.08 Å². The number of hydrogen-bond acceptors (Lipinski definition) is 4. The van der Waals surface area contributed by atoms with Crippen molar-refractivity contribution >= 4 is 57.9 Å². The van der Waals surface area contributed by atoms with Gasteiger partial charge in [-0.25, -0.2) is 4.79 Å². The molecular weight excluding hydrogens is 354 g/mol. The topological polar surface area (TPSA) is 57.6 Å². The Morgan fingerprint density at radius 2 is 2.09 bits per heavy atom. The van der Waals surface area contributed by atoms with E-state index in [2.05, 4.69) is 0 Å². The van der Waals surface area contributed by atoms with Crippen molar-refractivity contribution in [2.24, 2.45) is 0 Å². The lowest BCUT2D eigenvalue weighted by Gasteiger charge is -2.21. The van der Waals surface area contributed by atoms with Crippen LogP contribution in [0.25, 0.3) is 6.08 Å². The fourth-order valence-electron chi connectivity index (χ4n) is 2.09. The van der Waals surface area contributed by atoms with Crippen LogP contribution in [0.5, 0.6) is 0 Å². The number of carbonyl (C=O) groups excluding carboxylic acids is 1. The Labute approximate surface area is 148 Å². The molecule has 1 aromatic carbocycles. The standard InChI is InChI=1S/C16H14ClNO3S2/c1-2-12(15(20)21)18-14(19)13(23-16(18)22)9-11(17)8-10-6-4-3-5-7-10/h3-9,12H,2H2,1H3,(H,20,21)/b11-8-,13-9-/t12-/m1/s1. The molecule has 1 atom stereocenters. The molecule has 0 aliphatic carbocycles. The smallest absolute Gasteiger partial charge is 0.326 e. The van der Waals surface area contributed by atoms with E-state index in [4.69, 9.17) is 23.8 Å². The van der Waals surface area contributed by atoms with Gasteiger partial charge in [0.2, 0.25) is 0 Å². The highest BCUT2D eigenvalue weighted by atomic mass is 35.5. The molecule has 1 heterocycles. The van der Waals surface area contributed by atoms with E-state index < -0.39 is 17.9 Å². The number of benzene rings is 1. The number of carboxylic acid groups (broad SMARTS) is 1. The van der Waals surface area contributed by atoms with Crippen LogP contribution in [0.3, 0.4) is 0 Å². The molecule has 1 aromatic rings.